The lowest BCUT2D eigenvalue weighted by Crippen LogP contribution is -2.33. The van der Waals surface area contributed by atoms with Gasteiger partial charge in [0.15, 0.2) is 0 Å². The Kier molecular flexibility index (Phi) is 22.4. The molecule has 2 rings (SSSR count). The van der Waals surface area contributed by atoms with Gasteiger partial charge >= 0.3 is 0 Å². The third kappa shape index (κ3) is 22.0. The predicted octanol–water partition coefficient (Wildman–Crippen LogP) is 3.19. The van der Waals surface area contributed by atoms with Crippen LogP contribution in [0.3, 0.4) is 0 Å². The third-order valence-corrected chi connectivity index (χ3v) is 5.96. The molecule has 2 saturated carbocycles. The number of hydrogen-bond donors (Lipinski definition) is 3. The molecule has 3 N–H and O–H groups in total. The molecule has 0 aromatic rings. The number of ether oxygens (including phenoxy) is 4. The molecule has 200 valence electrons. The number of rotatable bonds is 19. The predicted molar refractivity (Wildman–Crippen MR) is 142 cm³/mol. The number of amides is 2. The monoisotopic (exact) mass is 599 g/mol. The fourth-order valence-electron chi connectivity index (χ4n) is 3.27. The average Bonchev–Trinajstić information content (AvgIpc) is 2.78. The summed E-state index contributed by atoms with van der Waals surface area (Å²) in [6.45, 7) is 5.77. The normalized spacial score (nSPS) is 15.7. The van der Waals surface area contributed by atoms with Crippen molar-refractivity contribution >= 4 is 32.4 Å². The SMILES string of the molecule is C1CCC1.O=C(I)NCCOCCOCCNC(=O)CCOCCOCCNC1CCCCC1. The van der Waals surface area contributed by atoms with E-state index in [4.69, 9.17) is 18.9 Å². The third-order valence-electron chi connectivity index (χ3n) is 5.58. The molecule has 0 saturated heterocycles. The Morgan fingerprint density at radius 3 is 1.62 bits per heavy atom. The van der Waals surface area contributed by atoms with Crippen LogP contribution in [0.5, 0.6) is 0 Å². The average molecular weight is 600 g/mol. The molecule has 0 aliphatic heterocycles. The van der Waals surface area contributed by atoms with Gasteiger partial charge in [-0.1, -0.05) is 44.9 Å². The lowest BCUT2D eigenvalue weighted by molar-refractivity contribution is -0.122. The Balaban J connectivity index is 0.00000130. The van der Waals surface area contributed by atoms with E-state index in [1.807, 2.05) is 0 Å². The molecule has 34 heavy (non-hydrogen) atoms. The second-order valence-electron chi connectivity index (χ2n) is 8.45. The van der Waals surface area contributed by atoms with Gasteiger partial charge in [-0.3, -0.25) is 9.59 Å². The largest absolute Gasteiger partial charge is 0.379 e. The van der Waals surface area contributed by atoms with Crippen molar-refractivity contribution in [3.05, 3.63) is 0 Å². The van der Waals surface area contributed by atoms with Crippen molar-refractivity contribution in [1.82, 2.24) is 16.0 Å². The van der Waals surface area contributed by atoms with Crippen LogP contribution in [0.15, 0.2) is 0 Å². The molecular weight excluding hydrogens is 553 g/mol. The van der Waals surface area contributed by atoms with E-state index >= 15 is 0 Å². The van der Waals surface area contributed by atoms with Crippen molar-refractivity contribution in [2.75, 3.05) is 72.5 Å². The van der Waals surface area contributed by atoms with E-state index in [9.17, 15) is 9.59 Å². The second-order valence-corrected chi connectivity index (χ2v) is 9.43. The number of carbonyl (C=O) groups is 2. The molecule has 0 bridgehead atoms. The quantitative estimate of drug-likeness (QED) is 0.0907. The maximum Gasteiger partial charge on any atom is 0.280 e. The van der Waals surface area contributed by atoms with Crippen LogP contribution in [-0.4, -0.2) is 88.4 Å². The molecule has 2 aliphatic carbocycles. The highest BCUT2D eigenvalue weighted by atomic mass is 127. The zero-order valence-corrected chi connectivity index (χ0v) is 22.9. The van der Waals surface area contributed by atoms with E-state index < -0.39 is 0 Å². The van der Waals surface area contributed by atoms with Gasteiger partial charge in [-0.15, -0.1) is 0 Å². The first-order chi connectivity index (χ1) is 16.7. The minimum atomic E-state index is -0.0977. The molecule has 0 spiro atoms. The summed E-state index contributed by atoms with van der Waals surface area (Å²) in [6, 6.07) is 0.664. The van der Waals surface area contributed by atoms with Crippen LogP contribution in [0.2, 0.25) is 0 Å². The smallest absolute Gasteiger partial charge is 0.280 e. The minimum Gasteiger partial charge on any atom is -0.379 e. The van der Waals surface area contributed by atoms with E-state index in [0.29, 0.717) is 78.4 Å². The van der Waals surface area contributed by atoms with Gasteiger partial charge in [0.05, 0.1) is 52.9 Å². The van der Waals surface area contributed by atoms with Crippen LogP contribution in [-0.2, 0) is 23.7 Å². The summed E-state index contributed by atoms with van der Waals surface area (Å²) in [7, 11) is 0. The highest BCUT2D eigenvalue weighted by Crippen LogP contribution is 2.17. The van der Waals surface area contributed by atoms with Gasteiger partial charge in [0.1, 0.15) is 0 Å². The van der Waals surface area contributed by atoms with Crippen LogP contribution in [0, 0.1) is 0 Å². The van der Waals surface area contributed by atoms with Gasteiger partial charge in [-0.05, 0) is 12.8 Å². The summed E-state index contributed by atoms with van der Waals surface area (Å²) in [4.78, 5) is 22.3. The van der Waals surface area contributed by atoms with Crippen molar-refractivity contribution in [3.63, 3.8) is 0 Å². The van der Waals surface area contributed by atoms with E-state index in [1.54, 1.807) is 22.6 Å². The Labute approximate surface area is 219 Å². The molecule has 0 unspecified atom stereocenters. The highest BCUT2D eigenvalue weighted by Gasteiger charge is 2.11. The zero-order chi connectivity index (χ0) is 24.5. The lowest BCUT2D eigenvalue weighted by Gasteiger charge is -2.22. The molecule has 9 nitrogen and oxygen atoms in total. The fourth-order valence-corrected chi connectivity index (χ4v) is 3.54. The maximum atomic E-state index is 11.7. The van der Waals surface area contributed by atoms with Crippen LogP contribution in [0.4, 0.5) is 4.79 Å². The number of nitrogens with one attached hydrogen (secondary N) is 3. The summed E-state index contributed by atoms with van der Waals surface area (Å²) in [6.07, 6.45) is 12.9. The Hall–Kier alpha value is -0.530. The van der Waals surface area contributed by atoms with E-state index in [2.05, 4.69) is 16.0 Å². The second kappa shape index (κ2) is 24.2. The van der Waals surface area contributed by atoms with Crippen LogP contribution in [0.1, 0.15) is 64.2 Å². The summed E-state index contributed by atoms with van der Waals surface area (Å²) in [5.74, 6) is -0.0537. The molecular formula is C24H46IN3O6. The maximum absolute atomic E-state index is 11.7. The van der Waals surface area contributed by atoms with Gasteiger partial charge < -0.3 is 34.9 Å². The van der Waals surface area contributed by atoms with Crippen LogP contribution >= 0.6 is 22.6 Å². The van der Waals surface area contributed by atoms with Crippen molar-refractivity contribution in [1.29, 1.82) is 0 Å². The summed E-state index contributed by atoms with van der Waals surface area (Å²) in [5.41, 5.74) is 0. The summed E-state index contributed by atoms with van der Waals surface area (Å²) in [5, 5.41) is 8.95. The molecule has 10 heteroatoms. The van der Waals surface area contributed by atoms with Gasteiger partial charge in [-0.2, -0.15) is 0 Å². The molecule has 2 fully saturated rings. The molecule has 2 aliphatic rings. The molecule has 0 heterocycles. The van der Waals surface area contributed by atoms with Gasteiger partial charge in [0.2, 0.25) is 5.91 Å². The van der Waals surface area contributed by atoms with E-state index in [0.717, 1.165) is 6.54 Å². The first-order valence-corrected chi connectivity index (χ1v) is 14.0. The topological polar surface area (TPSA) is 107 Å². The van der Waals surface area contributed by atoms with E-state index in [1.165, 1.54) is 57.8 Å². The van der Waals surface area contributed by atoms with Gasteiger partial charge in [-0.25, -0.2) is 0 Å². The van der Waals surface area contributed by atoms with Gasteiger partial charge in [0.25, 0.3) is 3.91 Å². The Bertz CT molecular complexity index is 487. The van der Waals surface area contributed by atoms with Crippen molar-refractivity contribution in [3.8, 4) is 0 Å². The first kappa shape index (κ1) is 31.5. The van der Waals surface area contributed by atoms with E-state index in [-0.39, 0.29) is 9.82 Å². The molecule has 2 amide bonds. The van der Waals surface area contributed by atoms with Crippen molar-refractivity contribution in [2.24, 2.45) is 0 Å². The summed E-state index contributed by atoms with van der Waals surface area (Å²) >= 11 is 1.68. The molecule has 0 aromatic heterocycles. The standard InChI is InChI=1S/C20H38IN3O6.C4H8/c21-20(26)24-9-13-30-17-16-29-12-8-23-19(25)6-10-27-14-15-28-11-7-22-18-4-2-1-3-5-18;1-2-4-3-1/h18,22H,1-17H2,(H,23,25)(H,24,26);1-4H2. The zero-order valence-electron chi connectivity index (χ0n) is 20.8. The highest BCUT2D eigenvalue weighted by molar-refractivity contribution is 14.1. The van der Waals surface area contributed by atoms with Gasteiger partial charge in [0, 0.05) is 54.7 Å². The van der Waals surface area contributed by atoms with Crippen LogP contribution in [0.25, 0.3) is 0 Å². The minimum absolute atomic E-state index is 0.0537. The van der Waals surface area contributed by atoms with Crippen LogP contribution < -0.4 is 16.0 Å². The Morgan fingerprint density at radius 1 is 0.618 bits per heavy atom. The number of halogens is 1. The van der Waals surface area contributed by atoms with Crippen molar-refractivity contribution in [2.45, 2.75) is 70.3 Å². The fraction of sp³-hybridized carbons (Fsp3) is 0.917. The molecule has 0 aromatic carbocycles. The number of carbonyl (C=O) groups excluding carboxylic acids is 2. The number of hydrogen-bond acceptors (Lipinski definition) is 7. The molecule has 0 atom stereocenters. The van der Waals surface area contributed by atoms with Crippen molar-refractivity contribution < 1.29 is 28.5 Å². The Morgan fingerprint density at radius 2 is 1.09 bits per heavy atom. The lowest BCUT2D eigenvalue weighted by atomic mass is 9.96. The first-order valence-electron chi connectivity index (χ1n) is 12.9. The summed E-state index contributed by atoms with van der Waals surface area (Å²) < 4.78 is 21.5. The molecule has 0 radical (unpaired) electrons.